The number of nitrogens with zero attached hydrogens (tertiary/aromatic N) is 1. The first-order chi connectivity index (χ1) is 40.0. The molecule has 31 nitrogen and oxygen atoms in total. The third-order valence-corrected chi connectivity index (χ3v) is 12.4. The lowest BCUT2D eigenvalue weighted by Gasteiger charge is -2.33. The number of anilines is 1. The highest BCUT2D eigenvalue weighted by Gasteiger charge is 2.35. The maximum absolute atomic E-state index is 13.5. The molecule has 0 aliphatic rings. The number of ether oxygens (including phenoxy) is 7. The molecule has 31 heteroatoms. The second-order valence-electron chi connectivity index (χ2n) is 19.5. The number of unbranched alkanes of at least 4 members (excludes halogenated alkanes) is 1. The van der Waals surface area contributed by atoms with Crippen LogP contribution in [-0.4, -0.2) is 284 Å². The molecule has 0 saturated carbocycles. The van der Waals surface area contributed by atoms with Crippen LogP contribution < -0.4 is 38.1 Å². The summed E-state index contributed by atoms with van der Waals surface area (Å²) < 4.78 is 44.4. The summed E-state index contributed by atoms with van der Waals surface area (Å²) in [5.74, 6) is -2.39. The molecule has 11 atom stereocenters. The number of benzene rings is 1. The number of hydrogen-bond acceptors (Lipinski definition) is 25. The van der Waals surface area contributed by atoms with Crippen LogP contribution in [0.15, 0.2) is 24.3 Å². The predicted octanol–water partition coefficient (Wildman–Crippen LogP) is -6.35. The molecule has 0 radical (unpaired) electrons. The molecule has 0 aliphatic heterocycles. The van der Waals surface area contributed by atoms with E-state index in [0.717, 1.165) is 0 Å². The Morgan fingerprint density at radius 1 is 0.602 bits per heavy atom. The molecular formula is C52H94N8O23. The summed E-state index contributed by atoms with van der Waals surface area (Å²) in [5, 5.41) is 112. The summed E-state index contributed by atoms with van der Waals surface area (Å²) in [7, 11) is 0. The topological polar surface area (TPSA) is 485 Å². The summed E-state index contributed by atoms with van der Waals surface area (Å²) in [4.78, 5) is 75.6. The van der Waals surface area contributed by atoms with E-state index in [1.807, 2.05) is 0 Å². The summed E-state index contributed by atoms with van der Waals surface area (Å²) in [5.41, 5.74) is 12.3. The van der Waals surface area contributed by atoms with Crippen molar-refractivity contribution < 1.29 is 114 Å². The number of rotatable bonds is 51. The zero-order chi connectivity index (χ0) is 62.8. The largest absolute Gasteiger partial charge is 0.463 e. The summed E-state index contributed by atoms with van der Waals surface area (Å²) >= 11 is 0. The molecule has 1 aromatic rings. The molecule has 0 heterocycles. The van der Waals surface area contributed by atoms with Gasteiger partial charge in [-0.25, -0.2) is 4.79 Å². The lowest BCUT2D eigenvalue weighted by Crippen LogP contribution is -2.56. The molecule has 0 spiro atoms. The Labute approximate surface area is 485 Å². The highest BCUT2D eigenvalue weighted by molar-refractivity contribution is 5.98. The van der Waals surface area contributed by atoms with E-state index >= 15 is 0 Å². The molecule has 1 aromatic carbocycles. The Hall–Kier alpha value is -4.88. The molecule has 0 aliphatic carbocycles. The van der Waals surface area contributed by atoms with Crippen LogP contribution in [0.5, 0.6) is 0 Å². The first-order valence-corrected chi connectivity index (χ1v) is 27.6. The van der Waals surface area contributed by atoms with E-state index in [0.29, 0.717) is 57.1 Å². The average molecular weight is 1200 g/mol. The van der Waals surface area contributed by atoms with Gasteiger partial charge < -0.3 is 122 Å². The van der Waals surface area contributed by atoms with Gasteiger partial charge in [0, 0.05) is 44.8 Å². The van der Waals surface area contributed by atoms with E-state index in [2.05, 4.69) is 31.3 Å². The van der Waals surface area contributed by atoms with Crippen molar-refractivity contribution in [1.82, 2.24) is 26.2 Å². The van der Waals surface area contributed by atoms with Gasteiger partial charge in [-0.3, -0.25) is 28.9 Å². The first kappa shape index (κ1) is 74.2. The highest BCUT2D eigenvalue weighted by atomic mass is 16.6. The van der Waals surface area contributed by atoms with Crippen LogP contribution in [0.3, 0.4) is 0 Å². The summed E-state index contributed by atoms with van der Waals surface area (Å²) in [6, 6.07) is 2.45. The number of urea groups is 1. The minimum Gasteiger partial charge on any atom is -0.463 e. The number of aliphatic hydroxyl groups is 10. The van der Waals surface area contributed by atoms with E-state index in [1.165, 1.54) is 4.90 Å². The summed E-state index contributed by atoms with van der Waals surface area (Å²) in [6.45, 7) is 3.96. The van der Waals surface area contributed by atoms with Crippen LogP contribution in [-0.2, 0) is 63.7 Å². The van der Waals surface area contributed by atoms with Crippen molar-refractivity contribution in [2.24, 2.45) is 17.4 Å². The van der Waals surface area contributed by atoms with Crippen LogP contribution in [0.2, 0.25) is 0 Å². The van der Waals surface area contributed by atoms with E-state index in [4.69, 9.17) is 51.5 Å². The summed E-state index contributed by atoms with van der Waals surface area (Å²) in [6.07, 6.45) is -13.9. The maximum Gasteiger partial charge on any atom is 0.312 e. The zero-order valence-electron chi connectivity index (χ0n) is 48.5. The molecule has 0 unspecified atom stereocenters. The first-order valence-electron chi connectivity index (χ1n) is 28.1. The van der Waals surface area contributed by atoms with Crippen molar-refractivity contribution >= 4 is 41.8 Å². The van der Waals surface area contributed by atoms with Gasteiger partial charge in [-0.05, 0) is 55.7 Å². The Balaban J connectivity index is 2.24. The Morgan fingerprint density at radius 2 is 1.07 bits per heavy atom. The lowest BCUT2D eigenvalue weighted by molar-refractivity contribution is -0.132. The molecule has 0 aromatic heterocycles. The van der Waals surface area contributed by atoms with Crippen LogP contribution in [0, 0.1) is 5.92 Å². The lowest BCUT2D eigenvalue weighted by atomic mass is 10.0. The molecule has 19 N–H and O–H groups in total. The molecule has 0 bridgehead atoms. The van der Waals surface area contributed by atoms with E-state index in [-0.39, 0.29) is 104 Å². The molecule has 1 rings (SSSR count). The Morgan fingerprint density at radius 3 is 1.54 bits per heavy atom. The second kappa shape index (κ2) is 46.4. The van der Waals surface area contributed by atoms with Gasteiger partial charge >= 0.3 is 6.03 Å². The smallest absolute Gasteiger partial charge is 0.312 e. The maximum atomic E-state index is 13.5. The SMILES string of the molecule is [2H]C(=O)OCc1ccc(NC(=O)[C@H](CCCNC(N)=O)NC(=O)[C@@H](NC(=O)[C@@H](N)CCCCNC(=O)CCOCCOCCOCCOCCOCCOCCN(C[C@H](O)[C@@H](O)[C@H](O)[C@H](O)CO)C[C@H](O)[C@@H](O)[C@H](O)[C@H](O)CO)C(C)C)cc1. The van der Waals surface area contributed by atoms with Gasteiger partial charge in [0.15, 0.2) is 1.37 Å². The van der Waals surface area contributed by atoms with Crippen LogP contribution >= 0.6 is 0 Å². The predicted molar refractivity (Wildman–Crippen MR) is 294 cm³/mol. The monoisotopic (exact) mass is 1200 g/mol. The highest BCUT2D eigenvalue weighted by Crippen LogP contribution is 2.14. The fourth-order valence-electron chi connectivity index (χ4n) is 7.50. The second-order valence-corrected chi connectivity index (χ2v) is 19.5. The molecule has 83 heavy (non-hydrogen) atoms. The molecule has 480 valence electrons. The minimum absolute atomic E-state index is 0.00266. The Kier molecular flexibility index (Phi) is 41.5. The quantitative estimate of drug-likeness (QED) is 0.0213. The number of nitrogens with one attached hydrogen (secondary N) is 5. The van der Waals surface area contributed by atoms with Crippen molar-refractivity contribution in [2.45, 2.75) is 126 Å². The van der Waals surface area contributed by atoms with E-state index in [9.17, 15) is 69.6 Å². The number of carbonyl (C=O) groups is 6. The average Bonchev–Trinajstić information content (AvgIpc) is 3.67. The van der Waals surface area contributed by atoms with Gasteiger partial charge in [-0.15, -0.1) is 0 Å². The number of nitrogens with two attached hydrogens (primary N) is 2. The van der Waals surface area contributed by atoms with Crippen molar-refractivity contribution in [3.05, 3.63) is 29.8 Å². The third kappa shape index (κ3) is 35.2. The van der Waals surface area contributed by atoms with E-state index in [1.54, 1.807) is 38.1 Å². The van der Waals surface area contributed by atoms with Crippen molar-refractivity contribution in [3.63, 3.8) is 0 Å². The van der Waals surface area contributed by atoms with Crippen LogP contribution in [0.25, 0.3) is 0 Å². The molecule has 0 saturated heterocycles. The Bertz CT molecular complexity index is 1930. The van der Waals surface area contributed by atoms with Gasteiger partial charge in [0.2, 0.25) is 23.6 Å². The van der Waals surface area contributed by atoms with Crippen molar-refractivity contribution in [3.8, 4) is 0 Å². The van der Waals surface area contributed by atoms with E-state index < -0.39 is 129 Å². The number of amides is 6. The third-order valence-electron chi connectivity index (χ3n) is 12.4. The zero-order valence-corrected chi connectivity index (χ0v) is 47.5. The minimum atomic E-state index is -1.90. The normalized spacial score (nSPS) is 15.8. The standard InChI is InChI=1S/C52H94N8O23/c1-34(2)44(51(75)58-38(7-5-14-56-52(54)76)50(74)57-36-10-8-35(9-11-36)32-83-33-63)59-49(73)37(53)6-3-4-13-55-43(68)12-16-77-18-20-79-22-24-81-26-27-82-25-23-80-21-19-78-17-15-60(28-39(64)45(69)47(71)41(66)30-61)29-40(65)46(70)48(72)42(67)31-62/h8-11,33-34,37-42,44-48,61-62,64-67,69-72H,3-7,12-32,53H2,1-2H3,(H,55,68)(H,57,74)(H,58,75)(H,59,73)(H3,54,56,76)/t37-,38-,39-,40-,41+,42+,44-,45+,46+,47+,48+/m0/s1/i33D. The van der Waals surface area contributed by atoms with Crippen LogP contribution in [0.4, 0.5) is 10.5 Å². The van der Waals surface area contributed by atoms with Gasteiger partial charge in [0.25, 0.3) is 6.45 Å². The molecule has 6 amide bonds. The van der Waals surface area contributed by atoms with Gasteiger partial charge in [0.05, 0.1) is 111 Å². The molecular weight excluding hydrogens is 1100 g/mol. The number of primary amides is 1. The van der Waals surface area contributed by atoms with Gasteiger partial charge in [0.1, 0.15) is 55.3 Å². The number of carbonyl (C=O) groups excluding carboxylic acids is 6. The number of aliphatic hydroxyl groups excluding tert-OH is 10. The van der Waals surface area contributed by atoms with Crippen LogP contribution in [0.1, 0.15) is 59.3 Å². The molecule has 0 fully saturated rings. The van der Waals surface area contributed by atoms with Crippen molar-refractivity contribution in [2.75, 3.05) is 131 Å². The van der Waals surface area contributed by atoms with Crippen molar-refractivity contribution in [1.29, 1.82) is 0 Å². The number of hydrogen-bond donors (Lipinski definition) is 17. The van der Waals surface area contributed by atoms with Gasteiger partial charge in [-0.1, -0.05) is 26.0 Å². The van der Waals surface area contributed by atoms with Gasteiger partial charge in [-0.2, -0.15) is 0 Å². The fourth-order valence-corrected chi connectivity index (χ4v) is 7.50. The fraction of sp³-hybridized carbons (Fsp3) is 0.769.